The fourth-order valence-corrected chi connectivity index (χ4v) is 2.72. The van der Waals surface area contributed by atoms with Gasteiger partial charge in [-0.15, -0.1) is 0 Å². The van der Waals surface area contributed by atoms with Crippen LogP contribution in [-0.2, 0) is 25.5 Å². The SMILES string of the molecule is COC(=O)[C@H](CCCCN(C)C)NC(=O)[C@H](C)NC(=O)Cc1cc(F)cc(F)c1. The summed E-state index contributed by atoms with van der Waals surface area (Å²) in [5, 5.41) is 5.04. The Hall–Kier alpha value is -2.55. The summed E-state index contributed by atoms with van der Waals surface area (Å²) in [5.41, 5.74) is 0.154. The number of carbonyl (C=O) groups is 3. The highest BCUT2D eigenvalue weighted by Gasteiger charge is 2.24. The van der Waals surface area contributed by atoms with E-state index in [0.717, 1.165) is 25.1 Å². The number of ether oxygens (including phenoxy) is 1. The number of rotatable bonds is 11. The topological polar surface area (TPSA) is 87.7 Å². The number of amides is 2. The van der Waals surface area contributed by atoms with E-state index in [-0.39, 0.29) is 12.0 Å². The smallest absolute Gasteiger partial charge is 0.328 e. The van der Waals surface area contributed by atoms with Crippen LogP contribution in [0.4, 0.5) is 8.78 Å². The minimum Gasteiger partial charge on any atom is -0.467 e. The standard InChI is InChI=1S/C20H29F2N3O4/c1-13(23-18(26)11-14-9-15(21)12-16(22)10-14)19(27)24-17(20(28)29-4)7-5-6-8-25(2)3/h9-10,12-13,17H,5-8,11H2,1-4H3,(H,23,26)(H,24,27)/t13-,17-/m0/s1. The first kappa shape index (κ1) is 24.5. The Bertz CT molecular complexity index is 693. The molecule has 1 rings (SSSR count). The molecule has 0 aliphatic rings. The van der Waals surface area contributed by atoms with E-state index in [2.05, 4.69) is 10.6 Å². The van der Waals surface area contributed by atoms with Gasteiger partial charge in [0.1, 0.15) is 23.7 Å². The lowest BCUT2D eigenvalue weighted by molar-refractivity contribution is -0.145. The van der Waals surface area contributed by atoms with Crippen LogP contribution in [0.1, 0.15) is 31.7 Å². The highest BCUT2D eigenvalue weighted by atomic mass is 19.1. The molecule has 0 aliphatic carbocycles. The van der Waals surface area contributed by atoms with Gasteiger partial charge in [0.05, 0.1) is 13.5 Å². The van der Waals surface area contributed by atoms with Crippen LogP contribution in [-0.4, -0.2) is 62.5 Å². The molecule has 9 heteroatoms. The number of hydrogen-bond acceptors (Lipinski definition) is 5. The Balaban J connectivity index is 2.57. The van der Waals surface area contributed by atoms with Crippen LogP contribution >= 0.6 is 0 Å². The monoisotopic (exact) mass is 413 g/mol. The largest absolute Gasteiger partial charge is 0.467 e. The second-order valence-corrected chi connectivity index (χ2v) is 7.13. The van der Waals surface area contributed by atoms with E-state index in [0.29, 0.717) is 18.9 Å². The number of hydrogen-bond donors (Lipinski definition) is 2. The first-order valence-corrected chi connectivity index (χ1v) is 9.39. The lowest BCUT2D eigenvalue weighted by Crippen LogP contribution is -2.50. The fourth-order valence-electron chi connectivity index (χ4n) is 2.72. The number of unbranched alkanes of at least 4 members (excludes halogenated alkanes) is 1. The van der Waals surface area contributed by atoms with Crippen molar-refractivity contribution in [2.75, 3.05) is 27.7 Å². The molecular weight excluding hydrogens is 384 g/mol. The van der Waals surface area contributed by atoms with Gasteiger partial charge in [0.25, 0.3) is 0 Å². The fraction of sp³-hybridized carbons (Fsp3) is 0.550. The number of methoxy groups -OCH3 is 1. The number of nitrogens with zero attached hydrogens (tertiary/aromatic N) is 1. The second-order valence-electron chi connectivity index (χ2n) is 7.13. The van der Waals surface area contributed by atoms with Crippen molar-refractivity contribution >= 4 is 17.8 Å². The maximum atomic E-state index is 13.2. The Morgan fingerprint density at radius 1 is 1.07 bits per heavy atom. The molecule has 0 aromatic heterocycles. The predicted octanol–water partition coefficient (Wildman–Crippen LogP) is 1.40. The van der Waals surface area contributed by atoms with Crippen molar-refractivity contribution < 1.29 is 27.9 Å². The predicted molar refractivity (Wildman–Crippen MR) is 104 cm³/mol. The van der Waals surface area contributed by atoms with Gasteiger partial charge >= 0.3 is 5.97 Å². The second kappa shape index (κ2) is 12.1. The molecule has 0 radical (unpaired) electrons. The zero-order chi connectivity index (χ0) is 22.0. The molecule has 1 aromatic rings. The quantitative estimate of drug-likeness (QED) is 0.423. The van der Waals surface area contributed by atoms with Crippen molar-refractivity contribution in [1.29, 1.82) is 0 Å². The minimum absolute atomic E-state index is 0.154. The minimum atomic E-state index is -0.935. The van der Waals surface area contributed by atoms with E-state index in [1.54, 1.807) is 0 Å². The number of halogens is 2. The van der Waals surface area contributed by atoms with Gasteiger partial charge in [0.15, 0.2) is 0 Å². The van der Waals surface area contributed by atoms with E-state index in [4.69, 9.17) is 4.74 Å². The van der Waals surface area contributed by atoms with E-state index in [1.807, 2.05) is 19.0 Å². The molecule has 0 aliphatic heterocycles. The first-order chi connectivity index (χ1) is 13.6. The van der Waals surface area contributed by atoms with Gasteiger partial charge in [0, 0.05) is 6.07 Å². The maximum absolute atomic E-state index is 13.2. The van der Waals surface area contributed by atoms with Gasteiger partial charge in [-0.1, -0.05) is 0 Å². The van der Waals surface area contributed by atoms with Crippen LogP contribution in [0.25, 0.3) is 0 Å². The summed E-state index contributed by atoms with van der Waals surface area (Å²) in [6.07, 6.45) is 1.70. The molecule has 0 fully saturated rings. The number of carbonyl (C=O) groups excluding carboxylic acids is 3. The molecule has 0 saturated heterocycles. The van der Waals surface area contributed by atoms with Crippen LogP contribution < -0.4 is 10.6 Å². The average molecular weight is 413 g/mol. The number of nitrogens with one attached hydrogen (secondary N) is 2. The van der Waals surface area contributed by atoms with E-state index >= 15 is 0 Å². The molecule has 0 bridgehead atoms. The molecule has 29 heavy (non-hydrogen) atoms. The number of esters is 1. The van der Waals surface area contributed by atoms with Gasteiger partial charge < -0.3 is 20.3 Å². The van der Waals surface area contributed by atoms with E-state index in [1.165, 1.54) is 14.0 Å². The van der Waals surface area contributed by atoms with Gasteiger partial charge in [-0.05, 0) is 64.5 Å². The summed E-state index contributed by atoms with van der Waals surface area (Å²) >= 11 is 0. The third kappa shape index (κ3) is 9.47. The Morgan fingerprint density at radius 2 is 1.69 bits per heavy atom. The van der Waals surface area contributed by atoms with Gasteiger partial charge in [-0.2, -0.15) is 0 Å². The van der Waals surface area contributed by atoms with Gasteiger partial charge in [-0.25, -0.2) is 13.6 Å². The van der Waals surface area contributed by atoms with Crippen molar-refractivity contribution in [1.82, 2.24) is 15.5 Å². The molecule has 0 spiro atoms. The summed E-state index contributed by atoms with van der Waals surface area (Å²) in [7, 11) is 5.13. The summed E-state index contributed by atoms with van der Waals surface area (Å²) in [5.74, 6) is -3.25. The molecular formula is C20H29F2N3O4. The molecule has 2 atom stereocenters. The third-order valence-corrected chi connectivity index (χ3v) is 4.21. The van der Waals surface area contributed by atoms with Crippen LogP contribution in [0.5, 0.6) is 0 Å². The lowest BCUT2D eigenvalue weighted by atomic mass is 10.1. The molecule has 2 amide bonds. The Morgan fingerprint density at radius 3 is 2.24 bits per heavy atom. The molecule has 7 nitrogen and oxygen atoms in total. The van der Waals surface area contributed by atoms with E-state index < -0.39 is 41.5 Å². The van der Waals surface area contributed by atoms with Crippen molar-refractivity contribution in [2.45, 2.75) is 44.7 Å². The molecule has 0 saturated carbocycles. The van der Waals surface area contributed by atoms with Crippen molar-refractivity contribution in [3.63, 3.8) is 0 Å². The molecule has 162 valence electrons. The zero-order valence-electron chi connectivity index (χ0n) is 17.3. The van der Waals surface area contributed by atoms with Crippen LogP contribution in [0, 0.1) is 11.6 Å². The highest BCUT2D eigenvalue weighted by Crippen LogP contribution is 2.09. The summed E-state index contributed by atoms with van der Waals surface area (Å²) in [6.45, 7) is 2.31. The van der Waals surface area contributed by atoms with Gasteiger partial charge in [-0.3, -0.25) is 9.59 Å². The average Bonchev–Trinajstić information content (AvgIpc) is 2.61. The molecule has 1 aromatic carbocycles. The van der Waals surface area contributed by atoms with Crippen molar-refractivity contribution in [3.05, 3.63) is 35.4 Å². The van der Waals surface area contributed by atoms with Crippen LogP contribution in [0.3, 0.4) is 0 Å². The van der Waals surface area contributed by atoms with Crippen LogP contribution in [0.2, 0.25) is 0 Å². The highest BCUT2D eigenvalue weighted by molar-refractivity contribution is 5.90. The molecule has 0 heterocycles. The van der Waals surface area contributed by atoms with Gasteiger partial charge in [0.2, 0.25) is 11.8 Å². The van der Waals surface area contributed by atoms with E-state index in [9.17, 15) is 23.2 Å². The summed E-state index contributed by atoms with van der Waals surface area (Å²) < 4.78 is 31.2. The maximum Gasteiger partial charge on any atom is 0.328 e. The zero-order valence-corrected chi connectivity index (χ0v) is 17.3. The normalized spacial score (nSPS) is 12.9. The summed E-state index contributed by atoms with van der Waals surface area (Å²) in [4.78, 5) is 38.4. The van der Waals surface area contributed by atoms with Crippen molar-refractivity contribution in [2.24, 2.45) is 0 Å². The van der Waals surface area contributed by atoms with Crippen molar-refractivity contribution in [3.8, 4) is 0 Å². The summed E-state index contributed by atoms with van der Waals surface area (Å²) in [6, 6.07) is 1.06. The lowest BCUT2D eigenvalue weighted by Gasteiger charge is -2.20. The third-order valence-electron chi connectivity index (χ3n) is 4.21. The Kier molecular flexibility index (Phi) is 10.2. The molecule has 0 unspecified atom stereocenters. The van der Waals surface area contributed by atoms with Crippen LogP contribution in [0.15, 0.2) is 18.2 Å². The number of benzene rings is 1. The molecule has 2 N–H and O–H groups in total. The Labute approximate surface area is 169 Å². The first-order valence-electron chi connectivity index (χ1n) is 9.39.